The van der Waals surface area contributed by atoms with Crippen LogP contribution in [0, 0.1) is 0 Å². The lowest BCUT2D eigenvalue weighted by molar-refractivity contribution is 0.148. The maximum Gasteiger partial charge on any atom is 0.189 e. The third-order valence-electron chi connectivity index (χ3n) is 2.72. The van der Waals surface area contributed by atoms with Crippen LogP contribution in [0.2, 0.25) is 0 Å². The molecule has 0 saturated heterocycles. The Kier molecular flexibility index (Phi) is 3.46. The molecule has 7 heteroatoms. The van der Waals surface area contributed by atoms with Crippen molar-refractivity contribution in [2.24, 2.45) is 0 Å². The van der Waals surface area contributed by atoms with Crippen molar-refractivity contribution >= 4 is 33.0 Å². The lowest BCUT2D eigenvalue weighted by Crippen LogP contribution is -2.10. The Morgan fingerprint density at radius 1 is 1.37 bits per heavy atom. The van der Waals surface area contributed by atoms with Gasteiger partial charge in [-0.2, -0.15) is 4.80 Å². The van der Waals surface area contributed by atoms with Crippen molar-refractivity contribution in [1.29, 1.82) is 0 Å². The fourth-order valence-electron chi connectivity index (χ4n) is 1.82. The quantitative estimate of drug-likeness (QED) is 0.750. The van der Waals surface area contributed by atoms with E-state index in [2.05, 4.69) is 15.4 Å². The maximum atomic E-state index is 10.2. The largest absolute Gasteiger partial charge is 0.386 e. The molecule has 2 aromatic heterocycles. The summed E-state index contributed by atoms with van der Waals surface area (Å²) >= 11 is 7.18. The lowest BCUT2D eigenvalue weighted by atomic mass is 10.2. The van der Waals surface area contributed by atoms with Gasteiger partial charge in [-0.3, -0.25) is 0 Å². The molecule has 1 aromatic carbocycles. The van der Waals surface area contributed by atoms with E-state index in [0.717, 1.165) is 15.0 Å². The average molecular weight is 295 g/mol. The monoisotopic (exact) mass is 294 g/mol. The van der Waals surface area contributed by atoms with Crippen LogP contribution in [-0.2, 0) is 12.4 Å². The van der Waals surface area contributed by atoms with Crippen molar-refractivity contribution < 1.29 is 5.11 Å². The summed E-state index contributed by atoms with van der Waals surface area (Å²) in [5, 5.41) is 23.0. The van der Waals surface area contributed by atoms with Gasteiger partial charge >= 0.3 is 0 Å². The second kappa shape index (κ2) is 5.24. The van der Waals surface area contributed by atoms with Crippen LogP contribution in [-0.4, -0.2) is 25.3 Å². The van der Waals surface area contributed by atoms with E-state index in [4.69, 9.17) is 11.6 Å². The summed E-state index contributed by atoms with van der Waals surface area (Å²) in [5.74, 6) is 0.684. The van der Waals surface area contributed by atoms with Crippen molar-refractivity contribution in [2.75, 3.05) is 0 Å². The SMILES string of the molecule is O[C@@H](Cn1nnc(CCl)n1)c1cc2ccccc2s1. The number of aliphatic hydroxyl groups is 1. The van der Waals surface area contributed by atoms with Gasteiger partial charge in [-0.05, 0) is 22.7 Å². The number of thiophene rings is 1. The third kappa shape index (κ3) is 2.60. The van der Waals surface area contributed by atoms with E-state index in [9.17, 15) is 5.11 Å². The number of alkyl halides is 1. The van der Waals surface area contributed by atoms with Gasteiger partial charge in [0.05, 0.1) is 12.4 Å². The Morgan fingerprint density at radius 2 is 2.21 bits per heavy atom. The molecule has 0 fully saturated rings. The fraction of sp³-hybridized carbons (Fsp3) is 0.250. The van der Waals surface area contributed by atoms with E-state index in [1.807, 2.05) is 30.3 Å². The van der Waals surface area contributed by atoms with E-state index in [-0.39, 0.29) is 12.4 Å². The van der Waals surface area contributed by atoms with Crippen molar-refractivity contribution in [1.82, 2.24) is 20.2 Å². The Morgan fingerprint density at radius 3 is 2.95 bits per heavy atom. The minimum Gasteiger partial charge on any atom is -0.386 e. The van der Waals surface area contributed by atoms with E-state index in [1.54, 1.807) is 11.3 Å². The van der Waals surface area contributed by atoms with Crippen molar-refractivity contribution in [3.05, 3.63) is 41.0 Å². The summed E-state index contributed by atoms with van der Waals surface area (Å²) in [6, 6.07) is 10.0. The predicted molar refractivity (Wildman–Crippen MR) is 74.2 cm³/mol. The first kappa shape index (κ1) is 12.5. The zero-order chi connectivity index (χ0) is 13.2. The van der Waals surface area contributed by atoms with Gasteiger partial charge in [0.15, 0.2) is 5.82 Å². The average Bonchev–Trinajstić information content (AvgIpc) is 3.04. The van der Waals surface area contributed by atoms with Gasteiger partial charge in [-0.25, -0.2) is 0 Å². The molecule has 5 nitrogen and oxygen atoms in total. The van der Waals surface area contributed by atoms with Crippen LogP contribution in [0.25, 0.3) is 10.1 Å². The van der Waals surface area contributed by atoms with Gasteiger partial charge in [0, 0.05) is 9.58 Å². The second-order valence-corrected chi connectivity index (χ2v) is 5.48. The number of hydrogen-bond acceptors (Lipinski definition) is 5. The highest BCUT2D eigenvalue weighted by Gasteiger charge is 2.14. The van der Waals surface area contributed by atoms with Gasteiger partial charge in [0.1, 0.15) is 6.10 Å². The van der Waals surface area contributed by atoms with Crippen LogP contribution in [0.3, 0.4) is 0 Å². The minimum atomic E-state index is -0.644. The molecule has 0 spiro atoms. The molecule has 3 aromatic rings. The molecule has 98 valence electrons. The summed E-state index contributed by atoms with van der Waals surface area (Å²) < 4.78 is 1.16. The molecule has 0 saturated carbocycles. The summed E-state index contributed by atoms with van der Waals surface area (Å²) in [6.07, 6.45) is -0.644. The number of aromatic nitrogens is 4. The molecule has 3 rings (SSSR count). The Hall–Kier alpha value is -1.50. The molecule has 0 bridgehead atoms. The van der Waals surface area contributed by atoms with E-state index < -0.39 is 6.10 Å². The van der Waals surface area contributed by atoms with Crippen molar-refractivity contribution in [3.8, 4) is 0 Å². The predicted octanol–water partition coefficient (Wildman–Crippen LogP) is 2.36. The van der Waals surface area contributed by atoms with Gasteiger partial charge < -0.3 is 5.11 Å². The smallest absolute Gasteiger partial charge is 0.189 e. The molecular formula is C12H11ClN4OS. The first-order valence-electron chi connectivity index (χ1n) is 5.75. The van der Waals surface area contributed by atoms with Crippen molar-refractivity contribution in [3.63, 3.8) is 0 Å². The molecule has 0 aliphatic rings. The van der Waals surface area contributed by atoms with Gasteiger partial charge in [-0.15, -0.1) is 33.1 Å². The van der Waals surface area contributed by atoms with Crippen LogP contribution in [0.1, 0.15) is 16.8 Å². The van der Waals surface area contributed by atoms with E-state index in [0.29, 0.717) is 5.82 Å². The van der Waals surface area contributed by atoms with E-state index >= 15 is 0 Å². The summed E-state index contributed by atoms with van der Waals surface area (Å²) in [7, 11) is 0. The Balaban J connectivity index is 1.81. The molecule has 1 atom stereocenters. The molecule has 1 N–H and O–H groups in total. The molecule has 0 amide bonds. The van der Waals surface area contributed by atoms with Crippen LogP contribution in [0.4, 0.5) is 0 Å². The number of rotatable bonds is 4. The van der Waals surface area contributed by atoms with Gasteiger partial charge in [0.25, 0.3) is 0 Å². The molecule has 0 radical (unpaired) electrons. The molecular weight excluding hydrogens is 284 g/mol. The molecule has 19 heavy (non-hydrogen) atoms. The highest BCUT2D eigenvalue weighted by Crippen LogP contribution is 2.30. The minimum absolute atomic E-state index is 0.221. The molecule has 2 heterocycles. The van der Waals surface area contributed by atoms with Crippen LogP contribution >= 0.6 is 22.9 Å². The Bertz CT molecular complexity index is 663. The highest BCUT2D eigenvalue weighted by atomic mass is 35.5. The molecule has 0 unspecified atom stereocenters. The van der Waals surface area contributed by atoms with Crippen LogP contribution in [0.15, 0.2) is 30.3 Å². The normalized spacial score (nSPS) is 12.9. The third-order valence-corrected chi connectivity index (χ3v) is 4.18. The summed E-state index contributed by atoms with van der Waals surface area (Å²) in [6.45, 7) is 0.275. The zero-order valence-electron chi connectivity index (χ0n) is 9.90. The maximum absolute atomic E-state index is 10.2. The van der Waals surface area contributed by atoms with E-state index in [1.165, 1.54) is 4.80 Å². The first-order chi connectivity index (χ1) is 9.26. The topological polar surface area (TPSA) is 63.8 Å². The van der Waals surface area contributed by atoms with Gasteiger partial charge in [0.2, 0.25) is 0 Å². The summed E-state index contributed by atoms with van der Waals surface area (Å²) in [5.41, 5.74) is 0. The second-order valence-electron chi connectivity index (χ2n) is 4.10. The number of nitrogens with zero attached hydrogens (tertiary/aromatic N) is 4. The zero-order valence-corrected chi connectivity index (χ0v) is 11.5. The van der Waals surface area contributed by atoms with Crippen LogP contribution < -0.4 is 0 Å². The van der Waals surface area contributed by atoms with Crippen LogP contribution in [0.5, 0.6) is 0 Å². The molecule has 0 aliphatic heterocycles. The first-order valence-corrected chi connectivity index (χ1v) is 7.10. The number of benzene rings is 1. The van der Waals surface area contributed by atoms with Crippen molar-refractivity contribution in [2.45, 2.75) is 18.5 Å². The highest BCUT2D eigenvalue weighted by molar-refractivity contribution is 7.19. The summed E-state index contributed by atoms with van der Waals surface area (Å²) in [4.78, 5) is 2.26. The number of aliphatic hydroxyl groups excluding tert-OH is 1. The number of hydrogen-bond donors (Lipinski definition) is 1. The number of halogens is 1. The fourth-order valence-corrected chi connectivity index (χ4v) is 2.97. The number of tetrazole rings is 1. The van der Waals surface area contributed by atoms with Gasteiger partial charge in [-0.1, -0.05) is 18.2 Å². The molecule has 0 aliphatic carbocycles. The Labute approximate surface area is 118 Å². The standard InChI is InChI=1S/C12H11ClN4OS/c13-6-12-14-16-17(15-12)7-9(18)11-5-8-3-1-2-4-10(8)19-11/h1-5,9,18H,6-7H2/t9-/m0/s1. The number of fused-ring (bicyclic) bond motifs is 1. The lowest BCUT2D eigenvalue weighted by Gasteiger charge is -2.05.